The molecule has 8 nitrogen and oxygen atoms in total. The van der Waals surface area contributed by atoms with E-state index in [4.69, 9.17) is 4.74 Å². The van der Waals surface area contributed by atoms with Crippen molar-refractivity contribution in [3.8, 4) is 11.1 Å². The summed E-state index contributed by atoms with van der Waals surface area (Å²) in [6.07, 6.45) is 7.41. The van der Waals surface area contributed by atoms with E-state index in [1.807, 2.05) is 17.1 Å². The molecule has 4 aromatic rings. The van der Waals surface area contributed by atoms with Gasteiger partial charge in [-0.2, -0.15) is 5.10 Å². The van der Waals surface area contributed by atoms with Gasteiger partial charge in [0.2, 0.25) is 0 Å². The quantitative estimate of drug-likeness (QED) is 0.456. The Balaban J connectivity index is 1.43. The van der Waals surface area contributed by atoms with E-state index in [1.165, 1.54) is 19.2 Å². The molecule has 2 aliphatic rings. The number of ether oxygens (including phenoxy) is 1. The van der Waals surface area contributed by atoms with Gasteiger partial charge in [-0.25, -0.2) is 18.4 Å². The van der Waals surface area contributed by atoms with Gasteiger partial charge in [-0.15, -0.1) is 5.10 Å². The Hall–Kier alpha value is -3.53. The third-order valence-corrected chi connectivity index (χ3v) is 6.63. The summed E-state index contributed by atoms with van der Waals surface area (Å²) in [4.78, 5) is 17.5. The monoisotopic (exact) mass is 464 g/mol. The molecular formula is C24H22F2N6O2. The fourth-order valence-electron chi connectivity index (χ4n) is 4.59. The van der Waals surface area contributed by atoms with Crippen LogP contribution in [0.1, 0.15) is 55.0 Å². The summed E-state index contributed by atoms with van der Waals surface area (Å²) in [5, 5.41) is 12.4. The van der Waals surface area contributed by atoms with Crippen LogP contribution in [-0.4, -0.2) is 36.4 Å². The first-order valence-corrected chi connectivity index (χ1v) is 11.3. The first kappa shape index (κ1) is 21.0. The summed E-state index contributed by atoms with van der Waals surface area (Å²) in [7, 11) is 1.49. The van der Waals surface area contributed by atoms with E-state index >= 15 is 0 Å². The number of hydrogen-bond donors (Lipinski definition) is 0. The van der Waals surface area contributed by atoms with Gasteiger partial charge >= 0.3 is 0 Å². The summed E-state index contributed by atoms with van der Waals surface area (Å²) >= 11 is 0. The molecule has 0 radical (unpaired) electrons. The van der Waals surface area contributed by atoms with Crippen LogP contribution in [0.25, 0.3) is 22.2 Å². The lowest BCUT2D eigenvalue weighted by molar-refractivity contribution is 0.00464. The molecular weight excluding hydrogens is 442 g/mol. The Morgan fingerprint density at radius 3 is 2.74 bits per heavy atom. The number of fused-ring (bicyclic) bond motifs is 1. The molecule has 34 heavy (non-hydrogen) atoms. The van der Waals surface area contributed by atoms with Crippen molar-refractivity contribution in [3.63, 3.8) is 0 Å². The van der Waals surface area contributed by atoms with Crippen molar-refractivity contribution in [1.82, 2.24) is 29.8 Å². The molecule has 10 heteroatoms. The Bertz CT molecular complexity index is 1460. The maximum atomic E-state index is 14.8. The van der Waals surface area contributed by atoms with Crippen molar-refractivity contribution in [3.05, 3.63) is 69.9 Å². The number of benzene rings is 1. The van der Waals surface area contributed by atoms with Gasteiger partial charge in [0.25, 0.3) is 5.56 Å². The highest BCUT2D eigenvalue weighted by Gasteiger charge is 2.30. The van der Waals surface area contributed by atoms with Gasteiger partial charge in [-0.3, -0.25) is 9.48 Å². The Kier molecular flexibility index (Phi) is 4.98. The van der Waals surface area contributed by atoms with E-state index in [-0.39, 0.29) is 28.6 Å². The molecule has 1 saturated heterocycles. The van der Waals surface area contributed by atoms with Gasteiger partial charge in [0.05, 0.1) is 18.3 Å². The van der Waals surface area contributed by atoms with E-state index in [1.54, 1.807) is 6.07 Å². The summed E-state index contributed by atoms with van der Waals surface area (Å²) in [6.45, 7) is 0.524. The predicted octanol–water partition coefficient (Wildman–Crippen LogP) is 3.84. The zero-order valence-corrected chi connectivity index (χ0v) is 18.5. The maximum absolute atomic E-state index is 14.8. The number of rotatable bonds is 4. The molecule has 2 atom stereocenters. The summed E-state index contributed by atoms with van der Waals surface area (Å²) in [5.74, 6) is -1.44. The lowest BCUT2D eigenvalue weighted by Gasteiger charge is -2.29. The topological polar surface area (TPSA) is 87.7 Å². The zero-order valence-electron chi connectivity index (χ0n) is 18.5. The van der Waals surface area contributed by atoms with Crippen LogP contribution in [0, 0.1) is 11.6 Å². The van der Waals surface area contributed by atoms with Crippen LogP contribution in [0.15, 0.2) is 41.5 Å². The molecule has 174 valence electrons. The van der Waals surface area contributed by atoms with Crippen molar-refractivity contribution in [2.24, 2.45) is 7.05 Å². The summed E-state index contributed by atoms with van der Waals surface area (Å²) in [5.41, 5.74) is 2.05. The molecule has 4 heterocycles. The lowest BCUT2D eigenvalue weighted by atomic mass is 9.88. The van der Waals surface area contributed by atoms with Gasteiger partial charge in [0.15, 0.2) is 5.52 Å². The molecule has 1 aliphatic heterocycles. The molecule has 0 spiro atoms. The van der Waals surface area contributed by atoms with E-state index in [0.717, 1.165) is 29.2 Å². The minimum atomic E-state index is -0.738. The number of hydrogen-bond acceptors (Lipinski definition) is 6. The fourth-order valence-corrected chi connectivity index (χ4v) is 4.59. The molecule has 2 fully saturated rings. The van der Waals surface area contributed by atoms with Gasteiger partial charge in [-0.1, -0.05) is 5.21 Å². The number of halogens is 2. The lowest BCUT2D eigenvalue weighted by Crippen LogP contribution is -2.24. The maximum Gasteiger partial charge on any atom is 0.295 e. The Morgan fingerprint density at radius 2 is 1.94 bits per heavy atom. The molecule has 1 saturated carbocycles. The minimum absolute atomic E-state index is 0.0208. The van der Waals surface area contributed by atoms with Gasteiger partial charge in [-0.05, 0) is 43.9 Å². The Morgan fingerprint density at radius 1 is 1.09 bits per heavy atom. The molecule has 6 rings (SSSR count). The summed E-state index contributed by atoms with van der Waals surface area (Å²) < 4.78 is 37.5. The van der Waals surface area contributed by atoms with Crippen molar-refractivity contribution in [2.45, 2.75) is 43.7 Å². The van der Waals surface area contributed by atoms with E-state index in [2.05, 4.69) is 20.4 Å². The number of nitrogens with zero attached hydrogens (tertiary/aromatic N) is 6. The predicted molar refractivity (Wildman–Crippen MR) is 119 cm³/mol. The second kappa shape index (κ2) is 8.05. The van der Waals surface area contributed by atoms with Crippen LogP contribution in [-0.2, 0) is 11.8 Å². The normalized spacial score (nSPS) is 20.7. The third-order valence-electron chi connectivity index (χ3n) is 6.63. The van der Waals surface area contributed by atoms with Crippen molar-refractivity contribution in [2.75, 3.05) is 6.61 Å². The zero-order chi connectivity index (χ0) is 23.4. The van der Waals surface area contributed by atoms with Crippen molar-refractivity contribution in [1.29, 1.82) is 0 Å². The van der Waals surface area contributed by atoms with Crippen LogP contribution in [0.5, 0.6) is 0 Å². The second-order valence-corrected chi connectivity index (χ2v) is 9.00. The number of pyridine rings is 1. The highest BCUT2D eigenvalue weighted by molar-refractivity contribution is 5.91. The van der Waals surface area contributed by atoms with E-state index in [0.29, 0.717) is 36.7 Å². The smallest absolute Gasteiger partial charge is 0.295 e. The van der Waals surface area contributed by atoms with E-state index < -0.39 is 17.2 Å². The molecule has 0 N–H and O–H groups in total. The first-order valence-electron chi connectivity index (χ1n) is 11.3. The van der Waals surface area contributed by atoms with Crippen LogP contribution in [0.2, 0.25) is 0 Å². The van der Waals surface area contributed by atoms with E-state index in [9.17, 15) is 13.6 Å². The SMILES string of the molecule is Cn1nnc2c(-c3ccc(F)cc3F)cc([C@@H]3CCO[C@@H](c4cnn(C5CC5)c4)C3)nc2c1=O. The van der Waals surface area contributed by atoms with Crippen molar-refractivity contribution >= 4 is 11.0 Å². The third kappa shape index (κ3) is 3.67. The van der Waals surface area contributed by atoms with Gasteiger partial charge in [0.1, 0.15) is 17.2 Å². The molecule has 3 aromatic heterocycles. The molecule has 0 unspecified atom stereocenters. The summed E-state index contributed by atoms with van der Waals surface area (Å²) in [6, 6.07) is 5.58. The largest absolute Gasteiger partial charge is 0.373 e. The average molecular weight is 464 g/mol. The van der Waals surface area contributed by atoms with Crippen LogP contribution < -0.4 is 5.56 Å². The standard InChI is InChI=1S/C24H22F2N6O2/c1-31-24(33)23-22(29-30-31)18(17-5-2-15(25)9-19(17)26)10-20(28-23)13-6-7-34-21(8-13)14-11-27-32(12-14)16-3-4-16/h2,5,9-13,16,21H,3-4,6-8H2,1H3/t13-,21-/m1/s1. The van der Waals surface area contributed by atoms with Gasteiger partial charge in [0, 0.05) is 54.2 Å². The molecule has 0 amide bonds. The fraction of sp³-hybridized carbons (Fsp3) is 0.375. The van der Waals surface area contributed by atoms with Crippen LogP contribution >= 0.6 is 0 Å². The molecule has 1 aromatic carbocycles. The number of aromatic nitrogens is 6. The first-order chi connectivity index (χ1) is 16.5. The highest BCUT2D eigenvalue weighted by Crippen LogP contribution is 2.40. The molecule has 0 bridgehead atoms. The van der Waals surface area contributed by atoms with Crippen LogP contribution in [0.4, 0.5) is 8.78 Å². The average Bonchev–Trinajstić information content (AvgIpc) is 3.57. The van der Waals surface area contributed by atoms with Crippen molar-refractivity contribution < 1.29 is 13.5 Å². The minimum Gasteiger partial charge on any atom is -0.373 e. The highest BCUT2D eigenvalue weighted by atomic mass is 19.1. The molecule has 1 aliphatic carbocycles. The van der Waals surface area contributed by atoms with Gasteiger partial charge < -0.3 is 4.74 Å². The number of aryl methyl sites for hydroxylation is 1. The Labute approximate surface area is 193 Å². The van der Waals surface area contributed by atoms with Crippen LogP contribution in [0.3, 0.4) is 0 Å². The second-order valence-electron chi connectivity index (χ2n) is 9.00.